The van der Waals surface area contributed by atoms with Gasteiger partial charge in [-0.1, -0.05) is 29.8 Å². The summed E-state index contributed by atoms with van der Waals surface area (Å²) >= 11 is 0. The average molecular weight is 265 g/mol. The number of anilines is 1. The topological polar surface area (TPSA) is 26.0 Å². The molecule has 0 atom stereocenters. The van der Waals surface area contributed by atoms with Crippen molar-refractivity contribution < 1.29 is 13.2 Å². The van der Waals surface area contributed by atoms with Crippen LogP contribution in [0.2, 0.25) is 0 Å². The van der Waals surface area contributed by atoms with E-state index in [9.17, 15) is 13.2 Å². The van der Waals surface area contributed by atoms with Crippen LogP contribution in [0.1, 0.15) is 16.7 Å². The summed E-state index contributed by atoms with van der Waals surface area (Å²) < 4.78 is 39.2. The van der Waals surface area contributed by atoms with Crippen molar-refractivity contribution in [1.82, 2.24) is 0 Å². The largest absolute Gasteiger partial charge is 0.417 e. The zero-order valence-electron chi connectivity index (χ0n) is 10.7. The Hall–Kier alpha value is -1.97. The number of benzene rings is 2. The second-order valence-electron chi connectivity index (χ2n) is 4.62. The van der Waals surface area contributed by atoms with Gasteiger partial charge in [-0.05, 0) is 42.7 Å². The first-order valence-electron chi connectivity index (χ1n) is 5.83. The molecule has 0 aromatic heterocycles. The van der Waals surface area contributed by atoms with E-state index in [1.807, 2.05) is 13.0 Å². The summed E-state index contributed by atoms with van der Waals surface area (Å²) in [5, 5.41) is 0. The van der Waals surface area contributed by atoms with Gasteiger partial charge >= 0.3 is 6.18 Å². The molecule has 0 unspecified atom stereocenters. The van der Waals surface area contributed by atoms with Crippen molar-refractivity contribution in [2.75, 3.05) is 5.73 Å². The van der Waals surface area contributed by atoms with Crippen LogP contribution in [0.15, 0.2) is 36.4 Å². The molecule has 1 nitrogen and oxygen atoms in total. The molecule has 100 valence electrons. The smallest absolute Gasteiger partial charge is 0.399 e. The molecule has 0 aliphatic heterocycles. The van der Waals surface area contributed by atoms with E-state index in [-0.39, 0.29) is 11.3 Å². The van der Waals surface area contributed by atoms with E-state index >= 15 is 0 Å². The normalized spacial score (nSPS) is 11.6. The van der Waals surface area contributed by atoms with Crippen LogP contribution in [0.3, 0.4) is 0 Å². The molecule has 0 saturated carbocycles. The zero-order valence-corrected chi connectivity index (χ0v) is 10.7. The molecule has 0 saturated heterocycles. The summed E-state index contributed by atoms with van der Waals surface area (Å²) in [4.78, 5) is 0. The van der Waals surface area contributed by atoms with Crippen molar-refractivity contribution in [2.24, 2.45) is 0 Å². The van der Waals surface area contributed by atoms with Gasteiger partial charge < -0.3 is 5.73 Å². The molecule has 0 amide bonds. The lowest BCUT2D eigenvalue weighted by Gasteiger charge is -2.15. The van der Waals surface area contributed by atoms with Crippen LogP contribution in [-0.4, -0.2) is 0 Å². The van der Waals surface area contributed by atoms with Crippen LogP contribution in [-0.2, 0) is 6.18 Å². The van der Waals surface area contributed by atoms with Crippen LogP contribution in [0.25, 0.3) is 11.1 Å². The molecule has 0 fully saturated rings. The standard InChI is InChI=1S/C15H14F3N/c1-9-3-5-12(10(2)7-9)13-6-4-11(19)8-14(13)15(16,17)18/h3-8H,19H2,1-2H3. The molecule has 0 heterocycles. The predicted molar refractivity (Wildman–Crippen MR) is 70.8 cm³/mol. The predicted octanol–water partition coefficient (Wildman–Crippen LogP) is 4.57. The van der Waals surface area contributed by atoms with E-state index in [1.165, 1.54) is 12.1 Å². The molecule has 0 radical (unpaired) electrons. The van der Waals surface area contributed by atoms with Gasteiger partial charge in [0.2, 0.25) is 0 Å². The Morgan fingerprint density at radius 2 is 1.53 bits per heavy atom. The van der Waals surface area contributed by atoms with Crippen molar-refractivity contribution in [2.45, 2.75) is 20.0 Å². The molecule has 2 aromatic carbocycles. The number of halogens is 3. The Morgan fingerprint density at radius 3 is 2.11 bits per heavy atom. The first-order valence-corrected chi connectivity index (χ1v) is 5.83. The molecule has 4 heteroatoms. The van der Waals surface area contributed by atoms with E-state index < -0.39 is 11.7 Å². The monoisotopic (exact) mass is 265 g/mol. The Kier molecular flexibility index (Phi) is 3.27. The summed E-state index contributed by atoms with van der Waals surface area (Å²) in [7, 11) is 0. The zero-order chi connectivity index (χ0) is 14.2. The number of nitrogen functional groups attached to an aromatic ring is 1. The maximum atomic E-state index is 13.1. The van der Waals surface area contributed by atoms with Gasteiger partial charge in [0.05, 0.1) is 5.56 Å². The molecule has 0 aliphatic rings. The highest BCUT2D eigenvalue weighted by Gasteiger charge is 2.34. The lowest BCUT2D eigenvalue weighted by molar-refractivity contribution is -0.137. The van der Waals surface area contributed by atoms with Crippen molar-refractivity contribution >= 4 is 5.69 Å². The third-order valence-corrected chi connectivity index (χ3v) is 3.02. The Morgan fingerprint density at radius 1 is 0.895 bits per heavy atom. The van der Waals surface area contributed by atoms with Crippen molar-refractivity contribution in [3.63, 3.8) is 0 Å². The average Bonchev–Trinajstić information content (AvgIpc) is 2.28. The van der Waals surface area contributed by atoms with Crippen LogP contribution in [0, 0.1) is 13.8 Å². The number of aryl methyl sites for hydroxylation is 2. The molecule has 0 spiro atoms. The summed E-state index contributed by atoms with van der Waals surface area (Å²) in [6.45, 7) is 3.71. The molecule has 0 aliphatic carbocycles. The third-order valence-electron chi connectivity index (χ3n) is 3.02. The lowest BCUT2D eigenvalue weighted by atomic mass is 9.94. The van der Waals surface area contributed by atoms with Gasteiger partial charge in [-0.25, -0.2) is 0 Å². The summed E-state index contributed by atoms with van der Waals surface area (Å²) in [5.74, 6) is 0. The van der Waals surface area contributed by atoms with Gasteiger partial charge in [0.25, 0.3) is 0 Å². The molecule has 2 rings (SSSR count). The number of hydrogen-bond donors (Lipinski definition) is 1. The van der Waals surface area contributed by atoms with E-state index in [4.69, 9.17) is 5.73 Å². The summed E-state index contributed by atoms with van der Waals surface area (Å²) in [5.41, 5.74) is 7.46. The fraction of sp³-hybridized carbons (Fsp3) is 0.200. The number of hydrogen-bond acceptors (Lipinski definition) is 1. The number of alkyl halides is 3. The maximum absolute atomic E-state index is 13.1. The van der Waals surface area contributed by atoms with Crippen molar-refractivity contribution in [3.8, 4) is 11.1 Å². The minimum atomic E-state index is -4.41. The van der Waals surface area contributed by atoms with Gasteiger partial charge in [0.15, 0.2) is 0 Å². The van der Waals surface area contributed by atoms with E-state index in [1.54, 1.807) is 19.1 Å². The minimum absolute atomic E-state index is 0.112. The van der Waals surface area contributed by atoms with Crippen LogP contribution < -0.4 is 5.73 Å². The van der Waals surface area contributed by atoms with Gasteiger partial charge in [0.1, 0.15) is 0 Å². The fourth-order valence-electron chi connectivity index (χ4n) is 2.15. The van der Waals surface area contributed by atoms with E-state index in [2.05, 4.69) is 0 Å². The Bertz CT molecular complexity index is 615. The molecular formula is C15H14F3N. The Balaban J connectivity index is 2.68. The van der Waals surface area contributed by atoms with Crippen molar-refractivity contribution in [3.05, 3.63) is 53.1 Å². The summed E-state index contributed by atoms with van der Waals surface area (Å²) in [6.07, 6.45) is -4.41. The fourth-order valence-corrected chi connectivity index (χ4v) is 2.15. The maximum Gasteiger partial charge on any atom is 0.417 e. The van der Waals surface area contributed by atoms with Gasteiger partial charge in [-0.15, -0.1) is 0 Å². The highest BCUT2D eigenvalue weighted by atomic mass is 19.4. The summed E-state index contributed by atoms with van der Waals surface area (Å²) in [6, 6.07) is 9.28. The van der Waals surface area contributed by atoms with Gasteiger partial charge in [0, 0.05) is 5.69 Å². The highest BCUT2D eigenvalue weighted by Crippen LogP contribution is 2.39. The second kappa shape index (κ2) is 4.61. The van der Waals surface area contributed by atoms with Crippen LogP contribution in [0.5, 0.6) is 0 Å². The number of rotatable bonds is 1. The van der Waals surface area contributed by atoms with E-state index in [0.717, 1.165) is 17.2 Å². The Labute approximate surface area is 109 Å². The lowest BCUT2D eigenvalue weighted by Crippen LogP contribution is -2.08. The third kappa shape index (κ3) is 2.72. The first kappa shape index (κ1) is 13.5. The van der Waals surface area contributed by atoms with E-state index in [0.29, 0.717) is 5.56 Å². The molecule has 2 N–H and O–H groups in total. The highest BCUT2D eigenvalue weighted by molar-refractivity contribution is 5.73. The van der Waals surface area contributed by atoms with Crippen LogP contribution in [0.4, 0.5) is 18.9 Å². The molecule has 19 heavy (non-hydrogen) atoms. The quantitative estimate of drug-likeness (QED) is 0.751. The molecular weight excluding hydrogens is 251 g/mol. The first-order chi connectivity index (χ1) is 8.79. The minimum Gasteiger partial charge on any atom is -0.399 e. The van der Waals surface area contributed by atoms with Gasteiger partial charge in [-0.2, -0.15) is 13.2 Å². The molecule has 2 aromatic rings. The second-order valence-corrected chi connectivity index (χ2v) is 4.62. The van der Waals surface area contributed by atoms with Crippen molar-refractivity contribution in [1.29, 1.82) is 0 Å². The van der Waals surface area contributed by atoms with Gasteiger partial charge in [-0.3, -0.25) is 0 Å². The number of nitrogens with two attached hydrogens (primary N) is 1. The molecule has 0 bridgehead atoms. The van der Waals surface area contributed by atoms with Crippen LogP contribution >= 0.6 is 0 Å². The SMILES string of the molecule is Cc1ccc(-c2ccc(N)cc2C(F)(F)F)c(C)c1.